The van der Waals surface area contributed by atoms with E-state index < -0.39 is 0 Å². The molecule has 3 nitrogen and oxygen atoms in total. The fourth-order valence-corrected chi connectivity index (χ4v) is 2.40. The van der Waals surface area contributed by atoms with Crippen molar-refractivity contribution in [3.8, 4) is 0 Å². The number of rotatable bonds is 7. The summed E-state index contributed by atoms with van der Waals surface area (Å²) in [5.41, 5.74) is 5.80. The zero-order valence-electron chi connectivity index (χ0n) is 11.0. The van der Waals surface area contributed by atoms with Crippen LogP contribution in [0, 0.1) is 17.8 Å². The van der Waals surface area contributed by atoms with E-state index in [0.717, 1.165) is 32.2 Å². The van der Waals surface area contributed by atoms with Gasteiger partial charge in [-0.3, -0.25) is 0 Å². The second-order valence-corrected chi connectivity index (χ2v) is 5.55. The smallest absolute Gasteiger partial charge is 0.0509 e. The maximum atomic E-state index is 5.80. The first kappa shape index (κ1) is 13.9. The molecule has 1 saturated heterocycles. The molecule has 1 heterocycles. The summed E-state index contributed by atoms with van der Waals surface area (Å²) in [7, 11) is 0. The average molecular weight is 228 g/mol. The van der Waals surface area contributed by atoms with Gasteiger partial charge in [0.15, 0.2) is 0 Å². The number of nitrogens with one attached hydrogen (secondary N) is 1. The van der Waals surface area contributed by atoms with E-state index in [0.29, 0.717) is 17.9 Å². The second-order valence-electron chi connectivity index (χ2n) is 5.55. The third kappa shape index (κ3) is 4.81. The SMILES string of the molecule is CC(C)CC(CN)CNC(C)C1CCOC1. The van der Waals surface area contributed by atoms with Crippen molar-refractivity contribution in [2.75, 3.05) is 26.3 Å². The Morgan fingerprint density at radius 3 is 2.62 bits per heavy atom. The molecule has 16 heavy (non-hydrogen) atoms. The summed E-state index contributed by atoms with van der Waals surface area (Å²) in [4.78, 5) is 0. The second kappa shape index (κ2) is 7.25. The Hall–Kier alpha value is -0.120. The van der Waals surface area contributed by atoms with Gasteiger partial charge in [-0.2, -0.15) is 0 Å². The lowest BCUT2D eigenvalue weighted by atomic mass is 9.95. The fraction of sp³-hybridized carbons (Fsp3) is 1.00. The molecule has 0 spiro atoms. The van der Waals surface area contributed by atoms with Crippen LogP contribution in [0.3, 0.4) is 0 Å². The van der Waals surface area contributed by atoms with Gasteiger partial charge in [0, 0.05) is 12.6 Å². The zero-order chi connectivity index (χ0) is 12.0. The lowest BCUT2D eigenvalue weighted by Crippen LogP contribution is -2.39. The molecule has 3 heteroatoms. The highest BCUT2D eigenvalue weighted by Crippen LogP contribution is 2.17. The molecule has 0 aromatic carbocycles. The summed E-state index contributed by atoms with van der Waals surface area (Å²) >= 11 is 0. The number of hydrogen-bond donors (Lipinski definition) is 2. The first-order valence-electron chi connectivity index (χ1n) is 6.64. The molecular weight excluding hydrogens is 200 g/mol. The van der Waals surface area contributed by atoms with Gasteiger partial charge in [0.25, 0.3) is 0 Å². The van der Waals surface area contributed by atoms with Crippen molar-refractivity contribution < 1.29 is 4.74 Å². The minimum Gasteiger partial charge on any atom is -0.381 e. The Kier molecular flexibility index (Phi) is 6.32. The topological polar surface area (TPSA) is 47.3 Å². The van der Waals surface area contributed by atoms with Crippen molar-refractivity contribution in [3.05, 3.63) is 0 Å². The number of nitrogens with two attached hydrogens (primary N) is 1. The molecule has 1 rings (SSSR count). The van der Waals surface area contributed by atoms with E-state index in [2.05, 4.69) is 26.1 Å². The van der Waals surface area contributed by atoms with Crippen LogP contribution in [0.2, 0.25) is 0 Å². The molecule has 0 aromatic heterocycles. The average Bonchev–Trinajstić information content (AvgIpc) is 2.76. The Morgan fingerprint density at radius 1 is 1.38 bits per heavy atom. The van der Waals surface area contributed by atoms with Crippen molar-refractivity contribution in [2.45, 2.75) is 39.7 Å². The Labute approximate surface area is 100 Å². The molecule has 0 saturated carbocycles. The van der Waals surface area contributed by atoms with Gasteiger partial charge in [-0.25, -0.2) is 0 Å². The largest absolute Gasteiger partial charge is 0.381 e. The lowest BCUT2D eigenvalue weighted by Gasteiger charge is -2.23. The first-order valence-corrected chi connectivity index (χ1v) is 6.64. The van der Waals surface area contributed by atoms with E-state index in [9.17, 15) is 0 Å². The maximum absolute atomic E-state index is 5.80. The van der Waals surface area contributed by atoms with Crippen molar-refractivity contribution in [1.29, 1.82) is 0 Å². The summed E-state index contributed by atoms with van der Waals surface area (Å²) in [6.45, 7) is 10.5. The number of hydrogen-bond acceptors (Lipinski definition) is 3. The summed E-state index contributed by atoms with van der Waals surface area (Å²) in [5, 5.41) is 3.62. The van der Waals surface area contributed by atoms with Crippen LogP contribution in [0.1, 0.15) is 33.6 Å². The molecule has 3 atom stereocenters. The molecule has 0 aliphatic carbocycles. The van der Waals surface area contributed by atoms with Crippen LogP contribution >= 0.6 is 0 Å². The van der Waals surface area contributed by atoms with Gasteiger partial charge in [-0.1, -0.05) is 13.8 Å². The summed E-state index contributed by atoms with van der Waals surface area (Å²) in [6.07, 6.45) is 2.42. The molecule has 0 aromatic rings. The highest BCUT2D eigenvalue weighted by molar-refractivity contribution is 4.77. The maximum Gasteiger partial charge on any atom is 0.0509 e. The van der Waals surface area contributed by atoms with Crippen LogP contribution in [0.25, 0.3) is 0 Å². The molecule has 1 fully saturated rings. The summed E-state index contributed by atoms with van der Waals surface area (Å²) in [6, 6.07) is 0.559. The van der Waals surface area contributed by atoms with Crippen LogP contribution in [-0.2, 0) is 4.74 Å². The third-order valence-electron chi connectivity index (χ3n) is 3.54. The highest BCUT2D eigenvalue weighted by atomic mass is 16.5. The molecule has 3 unspecified atom stereocenters. The lowest BCUT2D eigenvalue weighted by molar-refractivity contribution is 0.177. The standard InChI is InChI=1S/C13H28N2O/c1-10(2)6-12(7-14)8-15-11(3)13-4-5-16-9-13/h10-13,15H,4-9,14H2,1-3H3. The van der Waals surface area contributed by atoms with Gasteiger partial charge < -0.3 is 15.8 Å². The molecule has 3 N–H and O–H groups in total. The third-order valence-corrected chi connectivity index (χ3v) is 3.54. The molecule has 1 aliphatic rings. The zero-order valence-corrected chi connectivity index (χ0v) is 11.0. The van der Waals surface area contributed by atoms with E-state index in [1.54, 1.807) is 0 Å². The quantitative estimate of drug-likeness (QED) is 0.696. The molecule has 0 bridgehead atoms. The van der Waals surface area contributed by atoms with E-state index in [4.69, 9.17) is 10.5 Å². The van der Waals surface area contributed by atoms with Gasteiger partial charge in [0.1, 0.15) is 0 Å². The van der Waals surface area contributed by atoms with Gasteiger partial charge in [0.2, 0.25) is 0 Å². The highest BCUT2D eigenvalue weighted by Gasteiger charge is 2.22. The predicted molar refractivity (Wildman–Crippen MR) is 68.4 cm³/mol. The van der Waals surface area contributed by atoms with Gasteiger partial charge in [-0.15, -0.1) is 0 Å². The monoisotopic (exact) mass is 228 g/mol. The Bertz CT molecular complexity index is 177. The normalized spacial score (nSPS) is 24.9. The van der Waals surface area contributed by atoms with E-state index in [1.165, 1.54) is 12.8 Å². The van der Waals surface area contributed by atoms with E-state index >= 15 is 0 Å². The van der Waals surface area contributed by atoms with Crippen molar-refractivity contribution in [2.24, 2.45) is 23.5 Å². The van der Waals surface area contributed by atoms with Crippen LogP contribution in [0.5, 0.6) is 0 Å². The molecule has 0 amide bonds. The Morgan fingerprint density at radius 2 is 2.12 bits per heavy atom. The van der Waals surface area contributed by atoms with Crippen molar-refractivity contribution in [1.82, 2.24) is 5.32 Å². The van der Waals surface area contributed by atoms with Gasteiger partial charge in [0.05, 0.1) is 6.61 Å². The van der Waals surface area contributed by atoms with Crippen LogP contribution < -0.4 is 11.1 Å². The van der Waals surface area contributed by atoms with E-state index in [1.807, 2.05) is 0 Å². The summed E-state index contributed by atoms with van der Waals surface area (Å²) < 4.78 is 5.41. The predicted octanol–water partition coefficient (Wildman–Crippen LogP) is 1.62. The minimum absolute atomic E-state index is 0.559. The molecular formula is C13H28N2O. The Balaban J connectivity index is 2.20. The molecule has 0 radical (unpaired) electrons. The van der Waals surface area contributed by atoms with Crippen LogP contribution in [0.15, 0.2) is 0 Å². The van der Waals surface area contributed by atoms with Crippen molar-refractivity contribution in [3.63, 3.8) is 0 Å². The summed E-state index contributed by atoms with van der Waals surface area (Å²) in [5.74, 6) is 2.04. The van der Waals surface area contributed by atoms with E-state index in [-0.39, 0.29) is 0 Å². The molecule has 1 aliphatic heterocycles. The minimum atomic E-state index is 0.559. The fourth-order valence-electron chi connectivity index (χ4n) is 2.40. The van der Waals surface area contributed by atoms with Crippen LogP contribution in [-0.4, -0.2) is 32.3 Å². The first-order chi connectivity index (χ1) is 7.63. The van der Waals surface area contributed by atoms with Gasteiger partial charge >= 0.3 is 0 Å². The molecule has 96 valence electrons. The van der Waals surface area contributed by atoms with Crippen LogP contribution in [0.4, 0.5) is 0 Å². The van der Waals surface area contributed by atoms with Gasteiger partial charge in [-0.05, 0) is 50.6 Å². The van der Waals surface area contributed by atoms with Crippen molar-refractivity contribution >= 4 is 0 Å². The number of ether oxygens (including phenoxy) is 1.